The summed E-state index contributed by atoms with van der Waals surface area (Å²) in [5.74, 6) is 8.21. The van der Waals surface area contributed by atoms with Gasteiger partial charge in [0, 0.05) is 23.5 Å². The first-order valence-electron chi connectivity index (χ1n) is 7.32. The van der Waals surface area contributed by atoms with Crippen LogP contribution in [0.2, 0.25) is 0 Å². The standard InChI is InChI=1S/C19H19NO/c1-3-5-6-7-8-13-19(21)17-15-20(14-4-2)18-12-10-9-11-16(17)18/h2,9-12,15H,3,5-7,14H2,1H3. The number of aromatic nitrogens is 1. The molecule has 0 fully saturated rings. The first-order chi connectivity index (χ1) is 10.3. The number of hydrogen-bond donors (Lipinski definition) is 0. The molecule has 0 aliphatic carbocycles. The summed E-state index contributed by atoms with van der Waals surface area (Å²) < 4.78 is 1.92. The second-order valence-corrected chi connectivity index (χ2v) is 4.98. The highest BCUT2D eigenvalue weighted by Gasteiger charge is 2.12. The van der Waals surface area contributed by atoms with E-state index >= 15 is 0 Å². The zero-order chi connectivity index (χ0) is 15.1. The van der Waals surface area contributed by atoms with Crippen molar-refractivity contribution in [1.29, 1.82) is 0 Å². The highest BCUT2D eigenvalue weighted by atomic mass is 16.1. The summed E-state index contributed by atoms with van der Waals surface area (Å²) >= 11 is 0. The molecule has 0 radical (unpaired) electrons. The van der Waals surface area contributed by atoms with Crippen LogP contribution in [0.3, 0.4) is 0 Å². The van der Waals surface area contributed by atoms with E-state index in [0.29, 0.717) is 12.1 Å². The van der Waals surface area contributed by atoms with Crippen LogP contribution in [-0.4, -0.2) is 10.4 Å². The van der Waals surface area contributed by atoms with Crippen molar-refractivity contribution in [2.45, 2.75) is 39.2 Å². The van der Waals surface area contributed by atoms with E-state index in [1.807, 2.05) is 35.0 Å². The molecule has 1 aromatic heterocycles. The molecule has 2 nitrogen and oxygen atoms in total. The zero-order valence-electron chi connectivity index (χ0n) is 12.4. The Bertz CT molecular complexity index is 734. The third-order valence-corrected chi connectivity index (χ3v) is 3.40. The van der Waals surface area contributed by atoms with Gasteiger partial charge in [-0.1, -0.05) is 49.8 Å². The molecule has 0 aliphatic heterocycles. The topological polar surface area (TPSA) is 22.0 Å². The van der Waals surface area contributed by atoms with Gasteiger partial charge in [0.25, 0.3) is 0 Å². The third-order valence-electron chi connectivity index (χ3n) is 3.40. The minimum atomic E-state index is -0.126. The summed E-state index contributed by atoms with van der Waals surface area (Å²) in [5, 5.41) is 0.917. The molecule has 0 saturated carbocycles. The fourth-order valence-electron chi connectivity index (χ4n) is 2.33. The molecule has 2 heteroatoms. The molecule has 0 atom stereocenters. The lowest BCUT2D eigenvalue weighted by atomic mass is 10.1. The third kappa shape index (κ3) is 3.56. The summed E-state index contributed by atoms with van der Waals surface area (Å²) in [6.45, 7) is 2.61. The van der Waals surface area contributed by atoms with Crippen molar-refractivity contribution >= 4 is 16.7 Å². The van der Waals surface area contributed by atoms with Gasteiger partial charge in [0.05, 0.1) is 12.1 Å². The minimum absolute atomic E-state index is 0.126. The molecule has 0 amide bonds. The Hall–Kier alpha value is -2.45. The number of nitrogens with zero attached hydrogens (tertiary/aromatic N) is 1. The first-order valence-corrected chi connectivity index (χ1v) is 7.32. The number of unbranched alkanes of at least 4 members (excludes halogenated alkanes) is 3. The molecule has 0 bridgehead atoms. The van der Waals surface area contributed by atoms with E-state index < -0.39 is 0 Å². The Kier molecular flexibility index (Phi) is 5.24. The monoisotopic (exact) mass is 277 g/mol. The summed E-state index contributed by atoms with van der Waals surface area (Å²) in [4.78, 5) is 12.3. The smallest absolute Gasteiger partial charge is 0.238 e. The van der Waals surface area contributed by atoms with Crippen molar-refractivity contribution in [3.63, 3.8) is 0 Å². The Balaban J connectivity index is 2.25. The average molecular weight is 277 g/mol. The summed E-state index contributed by atoms with van der Waals surface area (Å²) in [6, 6.07) is 7.78. The maximum atomic E-state index is 12.3. The van der Waals surface area contributed by atoms with Crippen LogP contribution in [0.5, 0.6) is 0 Å². The molecule has 0 unspecified atom stereocenters. The van der Waals surface area contributed by atoms with Crippen molar-refractivity contribution in [2.75, 3.05) is 0 Å². The molecule has 0 saturated heterocycles. The van der Waals surface area contributed by atoms with Crippen molar-refractivity contribution < 1.29 is 4.79 Å². The fraction of sp³-hybridized carbons (Fsp3) is 0.316. The molecule has 0 aliphatic rings. The van der Waals surface area contributed by atoms with Crippen LogP contribution in [0.4, 0.5) is 0 Å². The number of ketones is 1. The van der Waals surface area contributed by atoms with Crippen molar-refractivity contribution in [1.82, 2.24) is 4.57 Å². The molecule has 1 aromatic carbocycles. The highest BCUT2D eigenvalue weighted by Crippen LogP contribution is 2.21. The Morgan fingerprint density at radius 1 is 1.29 bits per heavy atom. The predicted octanol–water partition coefficient (Wildman–Crippen LogP) is 4.04. The van der Waals surface area contributed by atoms with Gasteiger partial charge in [-0.3, -0.25) is 4.79 Å². The van der Waals surface area contributed by atoms with E-state index in [0.717, 1.165) is 36.6 Å². The lowest BCUT2D eigenvalue weighted by Gasteiger charge is -1.97. The number of carbonyl (C=O) groups excluding carboxylic acids is 1. The maximum absolute atomic E-state index is 12.3. The number of terminal acetylenes is 1. The van der Waals surface area contributed by atoms with Gasteiger partial charge >= 0.3 is 0 Å². The van der Waals surface area contributed by atoms with Crippen LogP contribution < -0.4 is 0 Å². The second kappa shape index (κ2) is 7.36. The van der Waals surface area contributed by atoms with E-state index in [2.05, 4.69) is 24.7 Å². The van der Waals surface area contributed by atoms with Gasteiger partial charge in [0.2, 0.25) is 5.78 Å². The summed E-state index contributed by atoms with van der Waals surface area (Å²) in [6.07, 6.45) is 11.3. The van der Waals surface area contributed by atoms with Crippen LogP contribution in [0.1, 0.15) is 43.0 Å². The Labute approximate surface area is 126 Å². The van der Waals surface area contributed by atoms with Gasteiger partial charge in [-0.05, 0) is 18.4 Å². The van der Waals surface area contributed by atoms with Gasteiger partial charge in [-0.25, -0.2) is 0 Å². The summed E-state index contributed by atoms with van der Waals surface area (Å²) in [5.41, 5.74) is 1.62. The van der Waals surface area contributed by atoms with Crippen LogP contribution in [0, 0.1) is 24.2 Å². The first kappa shape index (κ1) is 14.9. The van der Waals surface area contributed by atoms with E-state index in [4.69, 9.17) is 6.42 Å². The van der Waals surface area contributed by atoms with Gasteiger partial charge in [0.1, 0.15) is 0 Å². The molecule has 2 rings (SSSR count). The van der Waals surface area contributed by atoms with Crippen molar-refractivity contribution in [3.8, 4) is 24.2 Å². The van der Waals surface area contributed by atoms with Crippen molar-refractivity contribution in [2.24, 2.45) is 0 Å². The highest BCUT2D eigenvalue weighted by molar-refractivity contribution is 6.16. The fourth-order valence-corrected chi connectivity index (χ4v) is 2.33. The van der Waals surface area contributed by atoms with Crippen LogP contribution >= 0.6 is 0 Å². The maximum Gasteiger partial charge on any atom is 0.238 e. The molecular formula is C19H19NO. The molecule has 106 valence electrons. The molecule has 21 heavy (non-hydrogen) atoms. The SMILES string of the molecule is C#CCn1cc(C(=O)C#CCCCCC)c2ccccc21. The largest absolute Gasteiger partial charge is 0.335 e. The van der Waals surface area contributed by atoms with E-state index in [9.17, 15) is 4.79 Å². The summed E-state index contributed by atoms with van der Waals surface area (Å²) in [7, 11) is 0. The molecule has 0 spiro atoms. The molecule has 2 aromatic rings. The zero-order valence-corrected chi connectivity index (χ0v) is 12.4. The van der Waals surface area contributed by atoms with Crippen molar-refractivity contribution in [3.05, 3.63) is 36.0 Å². The number of rotatable bonds is 5. The number of hydrogen-bond acceptors (Lipinski definition) is 1. The van der Waals surface area contributed by atoms with Gasteiger partial charge < -0.3 is 4.57 Å². The lowest BCUT2D eigenvalue weighted by Crippen LogP contribution is -1.95. The second-order valence-electron chi connectivity index (χ2n) is 4.98. The van der Waals surface area contributed by atoms with Gasteiger partial charge in [0.15, 0.2) is 0 Å². The molecule has 0 N–H and O–H groups in total. The minimum Gasteiger partial charge on any atom is -0.335 e. The predicted molar refractivity (Wildman–Crippen MR) is 87.0 cm³/mol. The quantitative estimate of drug-likeness (QED) is 0.350. The van der Waals surface area contributed by atoms with Crippen LogP contribution in [0.25, 0.3) is 10.9 Å². The average Bonchev–Trinajstić information content (AvgIpc) is 2.87. The van der Waals surface area contributed by atoms with E-state index in [1.165, 1.54) is 0 Å². The number of Topliss-reactive ketones (excluding diaryl/α,β-unsaturated/α-hetero) is 1. The number of benzene rings is 1. The van der Waals surface area contributed by atoms with Gasteiger partial charge in [-0.2, -0.15) is 0 Å². The Morgan fingerprint density at radius 2 is 2.10 bits per heavy atom. The normalized spacial score (nSPS) is 9.90. The van der Waals surface area contributed by atoms with Crippen LogP contribution in [0.15, 0.2) is 30.5 Å². The van der Waals surface area contributed by atoms with Gasteiger partial charge in [-0.15, -0.1) is 6.42 Å². The van der Waals surface area contributed by atoms with E-state index in [-0.39, 0.29) is 5.78 Å². The molecular weight excluding hydrogens is 258 g/mol. The molecule has 1 heterocycles. The number of para-hydroxylation sites is 1. The Morgan fingerprint density at radius 3 is 2.86 bits per heavy atom. The number of fused-ring (bicyclic) bond motifs is 1. The van der Waals surface area contributed by atoms with E-state index in [1.54, 1.807) is 0 Å². The number of carbonyl (C=O) groups is 1. The van der Waals surface area contributed by atoms with Crippen LogP contribution in [-0.2, 0) is 6.54 Å². The lowest BCUT2D eigenvalue weighted by molar-refractivity contribution is 0.105.